The number of carbonyl (C=O) groups excluding carboxylic acids is 1. The summed E-state index contributed by atoms with van der Waals surface area (Å²) in [6.45, 7) is 6.85. The van der Waals surface area contributed by atoms with Gasteiger partial charge in [-0.25, -0.2) is 4.98 Å². The molecule has 0 spiro atoms. The van der Waals surface area contributed by atoms with Crippen molar-refractivity contribution in [1.29, 1.82) is 5.26 Å². The van der Waals surface area contributed by atoms with Gasteiger partial charge in [0.2, 0.25) is 0 Å². The maximum Gasteiger partial charge on any atom is 0.316 e. The van der Waals surface area contributed by atoms with Crippen molar-refractivity contribution in [3.8, 4) is 16.5 Å². The van der Waals surface area contributed by atoms with Crippen LogP contribution in [0.1, 0.15) is 44.0 Å². The van der Waals surface area contributed by atoms with Gasteiger partial charge in [0.25, 0.3) is 0 Å². The Morgan fingerprint density at radius 3 is 2.85 bits per heavy atom. The van der Waals surface area contributed by atoms with Gasteiger partial charge in [-0.15, -0.1) is 11.3 Å². The molecule has 3 rings (SSSR count). The van der Waals surface area contributed by atoms with Gasteiger partial charge in [-0.05, 0) is 47.6 Å². The Bertz CT molecular complexity index is 877. The van der Waals surface area contributed by atoms with Gasteiger partial charge in [-0.1, -0.05) is 38.6 Å². The molecular weight excluding hydrogens is 376 g/mol. The minimum atomic E-state index is -0.311. The number of esters is 1. The van der Waals surface area contributed by atoms with Crippen LogP contribution in [0.4, 0.5) is 0 Å². The third-order valence-electron chi connectivity index (χ3n) is 5.19. The number of ether oxygens (including phenoxy) is 1. The van der Waals surface area contributed by atoms with E-state index in [-0.39, 0.29) is 17.1 Å². The molecule has 6 heteroatoms. The number of pyridine rings is 1. The van der Waals surface area contributed by atoms with E-state index in [4.69, 9.17) is 9.72 Å². The normalized spacial score (nSPS) is 16.5. The molecule has 1 aliphatic rings. The van der Waals surface area contributed by atoms with E-state index in [0.29, 0.717) is 16.5 Å². The summed E-state index contributed by atoms with van der Waals surface area (Å²) in [6, 6.07) is 6.45. The quantitative estimate of drug-likeness (QED) is 0.528. The Hall–Kier alpha value is -1.84. The highest BCUT2D eigenvalue weighted by Crippen LogP contribution is 2.44. The van der Waals surface area contributed by atoms with Crippen molar-refractivity contribution in [3.63, 3.8) is 0 Å². The van der Waals surface area contributed by atoms with Gasteiger partial charge in [-0.2, -0.15) is 5.26 Å². The number of aryl methyl sites for hydroxylation is 1. The first-order valence-electron chi connectivity index (χ1n) is 9.04. The summed E-state index contributed by atoms with van der Waals surface area (Å²) in [5, 5.41) is 12.6. The molecule has 142 valence electrons. The van der Waals surface area contributed by atoms with Crippen LogP contribution >= 0.6 is 23.1 Å². The Morgan fingerprint density at radius 1 is 1.48 bits per heavy atom. The number of hydrogen-bond acceptors (Lipinski definition) is 6. The lowest BCUT2D eigenvalue weighted by atomic mass is 9.70. The number of carbonyl (C=O) groups is 1. The lowest BCUT2D eigenvalue weighted by Gasteiger charge is -2.35. The number of fused-ring (bicyclic) bond motifs is 1. The van der Waals surface area contributed by atoms with Gasteiger partial charge in [0.1, 0.15) is 11.1 Å². The predicted molar refractivity (Wildman–Crippen MR) is 110 cm³/mol. The van der Waals surface area contributed by atoms with Crippen LogP contribution in [0, 0.1) is 22.7 Å². The zero-order valence-corrected chi connectivity index (χ0v) is 17.8. The van der Waals surface area contributed by atoms with Crippen LogP contribution in [-0.2, 0) is 22.4 Å². The topological polar surface area (TPSA) is 63.0 Å². The second-order valence-electron chi connectivity index (χ2n) is 7.85. The molecule has 0 amide bonds. The fourth-order valence-corrected chi connectivity index (χ4v) is 5.20. The maximum atomic E-state index is 11.6. The van der Waals surface area contributed by atoms with Crippen LogP contribution in [0.5, 0.6) is 0 Å². The Kier molecular flexibility index (Phi) is 5.92. The first-order valence-corrected chi connectivity index (χ1v) is 10.9. The second-order valence-corrected chi connectivity index (χ2v) is 9.76. The summed E-state index contributed by atoms with van der Waals surface area (Å²) in [4.78, 5) is 17.5. The molecule has 2 aromatic rings. The van der Waals surface area contributed by atoms with E-state index in [9.17, 15) is 10.1 Å². The fourth-order valence-electron chi connectivity index (χ4n) is 3.56. The van der Waals surface area contributed by atoms with Gasteiger partial charge < -0.3 is 4.74 Å². The smallest absolute Gasteiger partial charge is 0.316 e. The number of hydrogen-bond donors (Lipinski definition) is 0. The third kappa shape index (κ3) is 4.20. The van der Waals surface area contributed by atoms with E-state index in [1.807, 2.05) is 11.4 Å². The molecule has 0 fully saturated rings. The van der Waals surface area contributed by atoms with Gasteiger partial charge in [0.15, 0.2) is 0 Å². The Morgan fingerprint density at radius 2 is 2.26 bits per heavy atom. The average Bonchev–Trinajstić information content (AvgIpc) is 3.17. The van der Waals surface area contributed by atoms with Crippen LogP contribution in [0.25, 0.3) is 10.4 Å². The molecule has 0 saturated carbocycles. The number of methoxy groups -OCH3 is 1. The Labute approximate surface area is 169 Å². The van der Waals surface area contributed by atoms with E-state index in [2.05, 4.69) is 32.9 Å². The molecular formula is C21H24N2O2S2. The van der Waals surface area contributed by atoms with Crippen LogP contribution < -0.4 is 0 Å². The minimum Gasteiger partial charge on any atom is -0.468 e. The largest absolute Gasteiger partial charge is 0.468 e. The number of nitriles is 1. The highest BCUT2D eigenvalue weighted by atomic mass is 32.2. The molecule has 0 aliphatic heterocycles. The molecule has 0 aromatic carbocycles. The van der Waals surface area contributed by atoms with Crippen molar-refractivity contribution >= 4 is 29.1 Å². The highest BCUT2D eigenvalue weighted by molar-refractivity contribution is 7.99. The number of nitrogens with zero attached hydrogens (tertiary/aromatic N) is 2. The van der Waals surface area contributed by atoms with Crippen molar-refractivity contribution < 1.29 is 9.53 Å². The molecule has 1 atom stereocenters. The van der Waals surface area contributed by atoms with Gasteiger partial charge >= 0.3 is 5.97 Å². The molecule has 0 radical (unpaired) electrons. The van der Waals surface area contributed by atoms with Crippen molar-refractivity contribution in [3.05, 3.63) is 34.3 Å². The fraction of sp³-hybridized carbons (Fsp3) is 0.476. The van der Waals surface area contributed by atoms with Crippen molar-refractivity contribution in [2.75, 3.05) is 12.9 Å². The van der Waals surface area contributed by atoms with E-state index < -0.39 is 0 Å². The maximum absolute atomic E-state index is 11.6. The monoisotopic (exact) mass is 400 g/mol. The zero-order chi connectivity index (χ0) is 19.6. The minimum absolute atomic E-state index is 0.158. The molecule has 0 N–H and O–H groups in total. The highest BCUT2D eigenvalue weighted by Gasteiger charge is 2.33. The van der Waals surface area contributed by atoms with E-state index in [0.717, 1.165) is 35.4 Å². The lowest BCUT2D eigenvalue weighted by molar-refractivity contribution is -0.137. The van der Waals surface area contributed by atoms with E-state index >= 15 is 0 Å². The lowest BCUT2D eigenvalue weighted by Crippen LogP contribution is -2.28. The molecule has 2 aromatic heterocycles. The summed E-state index contributed by atoms with van der Waals surface area (Å²) < 4.78 is 4.74. The van der Waals surface area contributed by atoms with Crippen LogP contribution in [0.15, 0.2) is 22.5 Å². The molecule has 2 heterocycles. The molecule has 4 nitrogen and oxygen atoms in total. The average molecular weight is 401 g/mol. The van der Waals surface area contributed by atoms with Crippen LogP contribution in [-0.4, -0.2) is 23.8 Å². The number of thiophene rings is 1. The van der Waals surface area contributed by atoms with Gasteiger partial charge in [-0.3, -0.25) is 4.79 Å². The summed E-state index contributed by atoms with van der Waals surface area (Å²) >= 11 is 2.94. The van der Waals surface area contributed by atoms with Crippen molar-refractivity contribution in [1.82, 2.24) is 4.98 Å². The van der Waals surface area contributed by atoms with Crippen molar-refractivity contribution in [2.45, 2.75) is 45.1 Å². The molecule has 1 unspecified atom stereocenters. The summed E-state index contributed by atoms with van der Waals surface area (Å²) in [7, 11) is 1.37. The third-order valence-corrected chi connectivity index (χ3v) is 7.03. The standard InChI is InChI=1S/C21H24N2O2S2/c1-21(2,3)13-7-8-16-14(10-13)19(17-6-5-9-26-17)15(11-22)20(23-16)27-12-18(24)25-4/h5-6,9,13H,7-8,10,12H2,1-4H3. The molecule has 0 saturated heterocycles. The number of rotatable bonds is 4. The first kappa shape index (κ1) is 19.9. The molecule has 0 bridgehead atoms. The Balaban J connectivity index is 2.12. The van der Waals surface area contributed by atoms with Crippen LogP contribution in [0.2, 0.25) is 0 Å². The first-order chi connectivity index (χ1) is 12.8. The van der Waals surface area contributed by atoms with Gasteiger partial charge in [0, 0.05) is 16.1 Å². The SMILES string of the molecule is COC(=O)CSc1nc2c(c(-c3cccs3)c1C#N)CC(C(C)(C)C)CC2. The molecule has 1 aliphatic carbocycles. The summed E-state index contributed by atoms with van der Waals surface area (Å²) in [6.07, 6.45) is 2.95. The molecule has 27 heavy (non-hydrogen) atoms. The zero-order valence-electron chi connectivity index (χ0n) is 16.2. The van der Waals surface area contributed by atoms with Gasteiger partial charge in [0.05, 0.1) is 18.4 Å². The van der Waals surface area contributed by atoms with Crippen molar-refractivity contribution in [2.24, 2.45) is 11.3 Å². The summed E-state index contributed by atoms with van der Waals surface area (Å²) in [5.41, 5.74) is 4.10. The second kappa shape index (κ2) is 8.04. The number of aromatic nitrogens is 1. The van der Waals surface area contributed by atoms with E-state index in [1.54, 1.807) is 11.3 Å². The predicted octanol–water partition coefficient (Wildman–Crippen LogP) is 5.10. The van der Waals surface area contributed by atoms with E-state index in [1.165, 1.54) is 24.4 Å². The summed E-state index contributed by atoms with van der Waals surface area (Å²) in [5.74, 6) is 0.408. The van der Waals surface area contributed by atoms with Crippen LogP contribution in [0.3, 0.4) is 0 Å². The number of thioether (sulfide) groups is 1.